The second-order valence-corrected chi connectivity index (χ2v) is 2.44. The molecule has 11 heavy (non-hydrogen) atoms. The van der Waals surface area contributed by atoms with Crippen molar-refractivity contribution in [3.05, 3.63) is 30.9 Å². The molecule has 0 aliphatic rings. The van der Waals surface area contributed by atoms with Crippen molar-refractivity contribution in [2.24, 2.45) is 0 Å². The molecule has 0 saturated carbocycles. The number of hydrogen-bond acceptors (Lipinski definition) is 1. The maximum atomic E-state index is 3.83. The molecule has 1 radical (unpaired) electrons. The van der Waals surface area contributed by atoms with Gasteiger partial charge in [-0.2, -0.15) is 0 Å². The molecule has 1 aromatic rings. The highest BCUT2D eigenvalue weighted by atomic mass is 15.0. The molecule has 0 aliphatic heterocycles. The van der Waals surface area contributed by atoms with Crippen LogP contribution in [-0.2, 0) is 6.54 Å². The first kappa shape index (κ1) is 8.05. The average molecular weight is 149 g/mol. The van der Waals surface area contributed by atoms with E-state index in [9.17, 15) is 0 Å². The first-order valence-electron chi connectivity index (χ1n) is 3.97. The molecular formula is C9H13N2. The Morgan fingerprint density at radius 3 is 3.09 bits per heavy atom. The van der Waals surface area contributed by atoms with Gasteiger partial charge in [-0.05, 0) is 6.42 Å². The lowest BCUT2D eigenvalue weighted by atomic mass is 10.3. The summed E-state index contributed by atoms with van der Waals surface area (Å²) in [5, 5.41) is 0. The summed E-state index contributed by atoms with van der Waals surface area (Å²) in [5.74, 6) is 0. The first-order valence-corrected chi connectivity index (χ1v) is 3.97. The summed E-state index contributed by atoms with van der Waals surface area (Å²) in [7, 11) is 0. The Hall–Kier alpha value is -1.05. The fourth-order valence-electron chi connectivity index (χ4n) is 0.829. The van der Waals surface area contributed by atoms with E-state index in [0.29, 0.717) is 0 Å². The predicted molar refractivity (Wildman–Crippen MR) is 45.1 cm³/mol. The molecule has 0 N–H and O–H groups in total. The summed E-state index contributed by atoms with van der Waals surface area (Å²) in [6.07, 6.45) is 13.2. The molecule has 1 heterocycles. The zero-order valence-corrected chi connectivity index (χ0v) is 6.83. The zero-order chi connectivity index (χ0) is 7.94. The van der Waals surface area contributed by atoms with E-state index in [2.05, 4.69) is 30.4 Å². The highest BCUT2D eigenvalue weighted by Gasteiger charge is 1.83. The summed E-state index contributed by atoms with van der Waals surface area (Å²) in [5.41, 5.74) is 0. The summed E-state index contributed by atoms with van der Waals surface area (Å²) < 4.78 is 1.92. The molecule has 0 aromatic carbocycles. The van der Waals surface area contributed by atoms with Gasteiger partial charge in [0.15, 0.2) is 6.33 Å². The number of imidazole rings is 1. The van der Waals surface area contributed by atoms with Crippen LogP contribution in [0.3, 0.4) is 0 Å². The second kappa shape index (κ2) is 4.72. The van der Waals surface area contributed by atoms with E-state index in [1.54, 1.807) is 6.20 Å². The van der Waals surface area contributed by atoms with Crippen LogP contribution in [0.25, 0.3) is 0 Å². The summed E-state index contributed by atoms with van der Waals surface area (Å²) >= 11 is 0. The summed E-state index contributed by atoms with van der Waals surface area (Å²) in [6.45, 7) is 3.06. The lowest BCUT2D eigenvalue weighted by Crippen LogP contribution is -1.89. The minimum absolute atomic E-state index is 0.889. The van der Waals surface area contributed by atoms with E-state index in [1.165, 1.54) is 6.42 Å². The van der Waals surface area contributed by atoms with Gasteiger partial charge in [-0.1, -0.05) is 25.5 Å². The number of aromatic nitrogens is 2. The van der Waals surface area contributed by atoms with Gasteiger partial charge in [0, 0.05) is 18.9 Å². The highest BCUT2D eigenvalue weighted by molar-refractivity contribution is 4.84. The predicted octanol–water partition coefficient (Wildman–Crippen LogP) is 2.04. The average Bonchev–Trinajstić information content (AvgIpc) is 2.50. The molecule has 0 saturated heterocycles. The lowest BCUT2D eigenvalue weighted by molar-refractivity contribution is 0.805. The van der Waals surface area contributed by atoms with Gasteiger partial charge in [-0.3, -0.25) is 0 Å². The van der Waals surface area contributed by atoms with E-state index >= 15 is 0 Å². The van der Waals surface area contributed by atoms with E-state index in [-0.39, 0.29) is 0 Å². The van der Waals surface area contributed by atoms with E-state index in [4.69, 9.17) is 0 Å². The SMILES string of the molecule is CCC/C=C/Cn1[c]ncc1. The van der Waals surface area contributed by atoms with Crippen molar-refractivity contribution in [1.29, 1.82) is 0 Å². The van der Waals surface area contributed by atoms with Crippen molar-refractivity contribution >= 4 is 0 Å². The minimum atomic E-state index is 0.889. The molecular weight excluding hydrogens is 136 g/mol. The number of rotatable bonds is 4. The van der Waals surface area contributed by atoms with Gasteiger partial charge in [0.05, 0.1) is 0 Å². The van der Waals surface area contributed by atoms with E-state index in [1.807, 2.05) is 10.8 Å². The number of nitrogens with zero attached hydrogens (tertiary/aromatic N) is 2. The maximum Gasteiger partial charge on any atom is 0.176 e. The Morgan fingerprint density at radius 1 is 1.55 bits per heavy atom. The van der Waals surface area contributed by atoms with Gasteiger partial charge in [0.25, 0.3) is 0 Å². The van der Waals surface area contributed by atoms with Gasteiger partial charge >= 0.3 is 0 Å². The number of unbranched alkanes of at least 4 members (excludes halogenated alkanes) is 1. The van der Waals surface area contributed by atoms with Gasteiger partial charge in [0.2, 0.25) is 0 Å². The fraction of sp³-hybridized carbons (Fsp3) is 0.444. The van der Waals surface area contributed by atoms with Crippen LogP contribution in [0.15, 0.2) is 24.5 Å². The smallest absolute Gasteiger partial charge is 0.176 e. The molecule has 1 aromatic heterocycles. The molecule has 1 rings (SSSR count). The van der Waals surface area contributed by atoms with E-state index < -0.39 is 0 Å². The molecule has 0 fully saturated rings. The third-order valence-corrected chi connectivity index (χ3v) is 1.43. The van der Waals surface area contributed by atoms with Crippen molar-refractivity contribution in [3.63, 3.8) is 0 Å². The Balaban J connectivity index is 2.23. The summed E-state index contributed by atoms with van der Waals surface area (Å²) in [4.78, 5) is 3.83. The second-order valence-electron chi connectivity index (χ2n) is 2.44. The molecule has 59 valence electrons. The largest absolute Gasteiger partial charge is 0.325 e. The normalized spacial score (nSPS) is 11.0. The third kappa shape index (κ3) is 3.03. The van der Waals surface area contributed by atoms with Gasteiger partial charge in [0.1, 0.15) is 0 Å². The first-order chi connectivity index (χ1) is 5.43. The lowest BCUT2D eigenvalue weighted by Gasteiger charge is -1.92. The van der Waals surface area contributed by atoms with Crippen LogP contribution < -0.4 is 0 Å². The highest BCUT2D eigenvalue weighted by Crippen LogP contribution is 1.90. The molecule has 2 heteroatoms. The Bertz CT molecular complexity index is 199. The van der Waals surface area contributed by atoms with Crippen LogP contribution in [0.5, 0.6) is 0 Å². The summed E-state index contributed by atoms with van der Waals surface area (Å²) in [6, 6.07) is 0. The topological polar surface area (TPSA) is 17.8 Å². The van der Waals surface area contributed by atoms with Crippen molar-refractivity contribution in [1.82, 2.24) is 9.55 Å². The van der Waals surface area contributed by atoms with Crippen LogP contribution in [0.1, 0.15) is 19.8 Å². The maximum absolute atomic E-state index is 3.83. The Labute approximate surface area is 67.6 Å². The van der Waals surface area contributed by atoms with Gasteiger partial charge < -0.3 is 4.57 Å². The van der Waals surface area contributed by atoms with Crippen LogP contribution in [0.2, 0.25) is 0 Å². The standard InChI is InChI=1S/C9H13N2/c1-2-3-4-5-7-11-8-6-10-9-11/h4-6,8H,2-3,7H2,1H3/b5-4+. The van der Waals surface area contributed by atoms with Crippen LogP contribution in [-0.4, -0.2) is 9.55 Å². The number of allylic oxidation sites excluding steroid dienone is 2. The molecule has 0 unspecified atom stereocenters. The van der Waals surface area contributed by atoms with E-state index in [0.717, 1.165) is 13.0 Å². The quantitative estimate of drug-likeness (QED) is 0.599. The van der Waals surface area contributed by atoms with Crippen LogP contribution in [0.4, 0.5) is 0 Å². The molecule has 0 bridgehead atoms. The monoisotopic (exact) mass is 149 g/mol. The van der Waals surface area contributed by atoms with Crippen molar-refractivity contribution in [3.8, 4) is 0 Å². The Kier molecular flexibility index (Phi) is 3.45. The van der Waals surface area contributed by atoms with Crippen molar-refractivity contribution in [2.75, 3.05) is 0 Å². The third-order valence-electron chi connectivity index (χ3n) is 1.43. The van der Waals surface area contributed by atoms with Gasteiger partial charge in [-0.25, -0.2) is 4.98 Å². The van der Waals surface area contributed by atoms with Crippen LogP contribution in [0, 0.1) is 6.33 Å². The molecule has 0 spiro atoms. The zero-order valence-electron chi connectivity index (χ0n) is 6.83. The fourth-order valence-corrected chi connectivity index (χ4v) is 0.829. The molecule has 0 amide bonds. The van der Waals surface area contributed by atoms with Crippen molar-refractivity contribution in [2.45, 2.75) is 26.3 Å². The van der Waals surface area contributed by atoms with Gasteiger partial charge in [-0.15, -0.1) is 0 Å². The minimum Gasteiger partial charge on any atom is -0.325 e. The molecule has 2 nitrogen and oxygen atoms in total. The number of hydrogen-bond donors (Lipinski definition) is 0. The van der Waals surface area contributed by atoms with Crippen molar-refractivity contribution < 1.29 is 0 Å². The molecule has 0 atom stereocenters. The Morgan fingerprint density at radius 2 is 2.45 bits per heavy atom. The van der Waals surface area contributed by atoms with Crippen LogP contribution >= 0.6 is 0 Å². The molecule has 0 aliphatic carbocycles.